The minimum Gasteiger partial charge on any atom is -0.369 e. The Balaban J connectivity index is 1.46. The van der Waals surface area contributed by atoms with Gasteiger partial charge in [0.1, 0.15) is 0 Å². The molecule has 2 amide bonds. The zero-order valence-electron chi connectivity index (χ0n) is 13.5. The Bertz CT molecular complexity index is 650. The smallest absolute Gasteiger partial charge is 0.274 e. The molecule has 2 fully saturated rings. The number of amides is 2. The van der Waals surface area contributed by atoms with E-state index in [1.165, 1.54) is 0 Å². The van der Waals surface area contributed by atoms with Crippen LogP contribution < -0.4 is 0 Å². The van der Waals surface area contributed by atoms with Gasteiger partial charge in [-0.1, -0.05) is 0 Å². The van der Waals surface area contributed by atoms with Gasteiger partial charge in [0, 0.05) is 38.0 Å². The van der Waals surface area contributed by atoms with Gasteiger partial charge in [-0.2, -0.15) is 5.10 Å². The summed E-state index contributed by atoms with van der Waals surface area (Å²) >= 11 is 0. The molecule has 3 aliphatic rings. The second kappa shape index (κ2) is 5.33. The maximum Gasteiger partial charge on any atom is 0.274 e. The number of aromatic nitrogens is 2. The fourth-order valence-electron chi connectivity index (χ4n) is 3.87. The number of aromatic amines is 1. The van der Waals surface area contributed by atoms with E-state index in [-0.39, 0.29) is 30.1 Å². The Hall–Kier alpha value is -1.89. The van der Waals surface area contributed by atoms with Crippen LogP contribution in [-0.2, 0) is 16.0 Å². The molecule has 0 spiro atoms. The molecule has 7 heteroatoms. The molecule has 1 aromatic rings. The molecule has 0 bridgehead atoms. The number of hydrogen-bond donors (Lipinski definition) is 1. The fourth-order valence-corrected chi connectivity index (χ4v) is 3.87. The van der Waals surface area contributed by atoms with Crippen LogP contribution in [0.2, 0.25) is 0 Å². The molecule has 0 aromatic carbocycles. The van der Waals surface area contributed by atoms with Gasteiger partial charge in [-0.3, -0.25) is 14.7 Å². The summed E-state index contributed by atoms with van der Waals surface area (Å²) in [6, 6.07) is 0.185. The molecule has 0 aliphatic carbocycles. The van der Waals surface area contributed by atoms with Gasteiger partial charge in [-0.15, -0.1) is 0 Å². The summed E-state index contributed by atoms with van der Waals surface area (Å²) in [6.07, 6.45) is 2.32. The number of fused-ring (bicyclic) bond motifs is 1. The van der Waals surface area contributed by atoms with Crippen LogP contribution in [0.25, 0.3) is 0 Å². The maximum atomic E-state index is 12.7. The van der Waals surface area contributed by atoms with Crippen LogP contribution in [0.1, 0.15) is 54.5 Å². The molecule has 7 nitrogen and oxygen atoms in total. The number of H-pyrrole nitrogens is 1. The SMILES string of the molecule is C[C@@H]1Cc2c(C(=O)N3CC(N4CCCC4=O)C3)n[nH]c2[C@H](C)O1. The van der Waals surface area contributed by atoms with E-state index in [2.05, 4.69) is 10.2 Å². The molecular formula is C16H22N4O3. The summed E-state index contributed by atoms with van der Waals surface area (Å²) in [5, 5.41) is 7.21. The predicted octanol–water partition coefficient (Wildman–Crippen LogP) is 0.879. The summed E-state index contributed by atoms with van der Waals surface area (Å²) in [5.74, 6) is 0.186. The molecule has 0 unspecified atom stereocenters. The van der Waals surface area contributed by atoms with Crippen molar-refractivity contribution in [2.75, 3.05) is 19.6 Å². The molecular weight excluding hydrogens is 296 g/mol. The first-order valence-electron chi connectivity index (χ1n) is 8.36. The largest absolute Gasteiger partial charge is 0.369 e. The van der Waals surface area contributed by atoms with Gasteiger partial charge in [-0.25, -0.2) is 0 Å². The molecule has 23 heavy (non-hydrogen) atoms. The average molecular weight is 318 g/mol. The Labute approximate surface area is 135 Å². The molecule has 4 rings (SSSR count). The van der Waals surface area contributed by atoms with E-state index in [1.54, 1.807) is 4.90 Å². The van der Waals surface area contributed by atoms with E-state index >= 15 is 0 Å². The zero-order chi connectivity index (χ0) is 16.1. The highest BCUT2D eigenvalue weighted by Crippen LogP contribution is 2.31. The van der Waals surface area contributed by atoms with Crippen molar-refractivity contribution in [2.45, 2.75) is 51.4 Å². The van der Waals surface area contributed by atoms with Crippen LogP contribution in [0.3, 0.4) is 0 Å². The minimum absolute atomic E-state index is 0.0355. The van der Waals surface area contributed by atoms with E-state index in [0.717, 1.165) is 24.2 Å². The summed E-state index contributed by atoms with van der Waals surface area (Å²) in [6.45, 7) is 6.05. The van der Waals surface area contributed by atoms with Gasteiger partial charge in [0.05, 0.1) is 23.9 Å². The first-order valence-corrected chi connectivity index (χ1v) is 8.36. The van der Waals surface area contributed by atoms with Crippen molar-refractivity contribution >= 4 is 11.8 Å². The van der Waals surface area contributed by atoms with Crippen molar-refractivity contribution in [2.24, 2.45) is 0 Å². The lowest BCUT2D eigenvalue weighted by Gasteiger charge is -2.43. The Morgan fingerprint density at radius 2 is 2.13 bits per heavy atom. The van der Waals surface area contributed by atoms with E-state index in [9.17, 15) is 9.59 Å². The predicted molar refractivity (Wildman–Crippen MR) is 81.9 cm³/mol. The van der Waals surface area contributed by atoms with E-state index in [0.29, 0.717) is 31.6 Å². The molecule has 3 aliphatic heterocycles. The van der Waals surface area contributed by atoms with Crippen LogP contribution in [0.15, 0.2) is 0 Å². The van der Waals surface area contributed by atoms with Gasteiger partial charge < -0.3 is 14.5 Å². The standard InChI is InChI=1S/C16H22N4O3/c1-9-6-12-14(10(2)23-9)17-18-15(12)16(22)19-7-11(8-19)20-5-3-4-13(20)21/h9-11H,3-8H2,1-2H3,(H,17,18)/t9-,10+/m1/s1. The van der Waals surface area contributed by atoms with Crippen molar-refractivity contribution in [3.63, 3.8) is 0 Å². The molecule has 0 saturated carbocycles. The second-order valence-electron chi connectivity index (χ2n) is 6.81. The highest BCUT2D eigenvalue weighted by Gasteiger charge is 2.40. The number of nitrogens with zero attached hydrogens (tertiary/aromatic N) is 3. The summed E-state index contributed by atoms with van der Waals surface area (Å²) < 4.78 is 5.76. The first kappa shape index (κ1) is 14.7. The average Bonchev–Trinajstić information content (AvgIpc) is 3.04. The number of carbonyl (C=O) groups is 2. The highest BCUT2D eigenvalue weighted by molar-refractivity contribution is 5.95. The summed E-state index contributed by atoms with van der Waals surface area (Å²) in [4.78, 5) is 28.2. The van der Waals surface area contributed by atoms with Crippen LogP contribution in [-0.4, -0.2) is 63.6 Å². The van der Waals surface area contributed by atoms with Gasteiger partial charge in [0.2, 0.25) is 5.91 Å². The number of rotatable bonds is 2. The third kappa shape index (κ3) is 2.34. The quantitative estimate of drug-likeness (QED) is 0.878. The Morgan fingerprint density at radius 1 is 1.35 bits per heavy atom. The topological polar surface area (TPSA) is 78.5 Å². The number of ether oxygens (including phenoxy) is 1. The number of hydrogen-bond acceptors (Lipinski definition) is 4. The van der Waals surface area contributed by atoms with Crippen molar-refractivity contribution in [3.8, 4) is 0 Å². The second-order valence-corrected chi connectivity index (χ2v) is 6.81. The lowest BCUT2D eigenvalue weighted by atomic mass is 9.98. The van der Waals surface area contributed by atoms with Crippen molar-refractivity contribution in [1.82, 2.24) is 20.0 Å². The summed E-state index contributed by atoms with van der Waals surface area (Å²) in [7, 11) is 0. The molecule has 1 aromatic heterocycles. The van der Waals surface area contributed by atoms with Crippen LogP contribution in [0, 0.1) is 0 Å². The van der Waals surface area contributed by atoms with Gasteiger partial charge in [0.25, 0.3) is 5.91 Å². The first-order chi connectivity index (χ1) is 11.0. The van der Waals surface area contributed by atoms with Gasteiger partial charge >= 0.3 is 0 Å². The van der Waals surface area contributed by atoms with E-state index < -0.39 is 0 Å². The van der Waals surface area contributed by atoms with Crippen LogP contribution in [0.4, 0.5) is 0 Å². The minimum atomic E-state index is -0.0610. The van der Waals surface area contributed by atoms with Crippen LogP contribution in [0.5, 0.6) is 0 Å². The molecule has 124 valence electrons. The number of likely N-dealkylation sites (tertiary alicyclic amines) is 2. The molecule has 0 radical (unpaired) electrons. The number of carbonyl (C=O) groups excluding carboxylic acids is 2. The third-order valence-corrected chi connectivity index (χ3v) is 5.14. The third-order valence-electron chi connectivity index (χ3n) is 5.14. The lowest BCUT2D eigenvalue weighted by molar-refractivity contribution is -0.132. The molecule has 2 saturated heterocycles. The molecule has 4 heterocycles. The van der Waals surface area contributed by atoms with Crippen molar-refractivity contribution in [3.05, 3.63) is 17.0 Å². The number of nitrogens with one attached hydrogen (secondary N) is 1. The molecule has 2 atom stereocenters. The van der Waals surface area contributed by atoms with Crippen molar-refractivity contribution < 1.29 is 14.3 Å². The van der Waals surface area contributed by atoms with Gasteiger partial charge in [0.15, 0.2) is 5.69 Å². The fraction of sp³-hybridized carbons (Fsp3) is 0.688. The Kier molecular flexibility index (Phi) is 3.41. The highest BCUT2D eigenvalue weighted by atomic mass is 16.5. The maximum absolute atomic E-state index is 12.7. The normalized spacial score (nSPS) is 28.0. The zero-order valence-corrected chi connectivity index (χ0v) is 13.5. The Morgan fingerprint density at radius 3 is 2.83 bits per heavy atom. The summed E-state index contributed by atoms with van der Waals surface area (Å²) in [5.41, 5.74) is 2.42. The monoisotopic (exact) mass is 318 g/mol. The molecule has 1 N–H and O–H groups in total. The van der Waals surface area contributed by atoms with Crippen molar-refractivity contribution in [1.29, 1.82) is 0 Å². The lowest BCUT2D eigenvalue weighted by Crippen LogP contribution is -2.61. The van der Waals surface area contributed by atoms with Gasteiger partial charge in [-0.05, 0) is 20.3 Å². The van der Waals surface area contributed by atoms with Crippen LogP contribution >= 0.6 is 0 Å². The van der Waals surface area contributed by atoms with E-state index in [1.807, 2.05) is 18.7 Å². The van der Waals surface area contributed by atoms with E-state index in [4.69, 9.17) is 4.74 Å².